The maximum atomic E-state index is 13.2. The first-order valence-electron chi connectivity index (χ1n) is 10.4. The van der Waals surface area contributed by atoms with Crippen molar-refractivity contribution >= 4 is 43.2 Å². The highest BCUT2D eigenvalue weighted by Gasteiger charge is 2.32. The molecule has 1 aromatic heterocycles. The summed E-state index contributed by atoms with van der Waals surface area (Å²) in [5.74, 6) is -0.0655. The smallest absolute Gasteiger partial charge is 0.261 e. The predicted molar refractivity (Wildman–Crippen MR) is 126 cm³/mol. The number of benzene rings is 3. The Bertz CT molecular complexity index is 1330. The highest BCUT2D eigenvalue weighted by Crippen LogP contribution is 2.37. The predicted octanol–water partition coefficient (Wildman–Crippen LogP) is 5.07. The van der Waals surface area contributed by atoms with Gasteiger partial charge in [0.25, 0.3) is 15.9 Å². The third kappa shape index (κ3) is 3.99. The number of nitrogens with zero attached hydrogens (tertiary/aromatic N) is 2. The largest absolute Gasteiger partial charge is 0.329 e. The first-order chi connectivity index (χ1) is 15.5. The lowest BCUT2D eigenvalue weighted by Crippen LogP contribution is -2.30. The summed E-state index contributed by atoms with van der Waals surface area (Å²) >= 11 is 1.64. The van der Waals surface area contributed by atoms with Gasteiger partial charge in [0.1, 0.15) is 5.01 Å². The van der Waals surface area contributed by atoms with Gasteiger partial charge in [-0.05, 0) is 61.4 Å². The van der Waals surface area contributed by atoms with Crippen LogP contribution in [0.25, 0.3) is 10.2 Å². The number of carbonyl (C=O) groups is 1. The third-order valence-corrected chi connectivity index (χ3v) is 8.08. The summed E-state index contributed by atoms with van der Waals surface area (Å²) in [5.41, 5.74) is 1.90. The van der Waals surface area contributed by atoms with E-state index < -0.39 is 10.0 Å². The fourth-order valence-corrected chi connectivity index (χ4v) is 6.15. The maximum absolute atomic E-state index is 13.2. The van der Waals surface area contributed by atoms with Crippen LogP contribution in [0, 0.1) is 0 Å². The molecule has 1 aliphatic heterocycles. The van der Waals surface area contributed by atoms with Gasteiger partial charge in [-0.2, -0.15) is 0 Å². The second kappa shape index (κ2) is 8.37. The molecule has 8 heteroatoms. The molecule has 0 spiro atoms. The molecular formula is C24H21N3O3S2. The molecule has 1 atom stereocenters. The van der Waals surface area contributed by atoms with Crippen LogP contribution in [0.2, 0.25) is 0 Å². The first kappa shape index (κ1) is 20.7. The topological polar surface area (TPSA) is 79.4 Å². The number of fused-ring (bicyclic) bond motifs is 1. The number of rotatable bonds is 5. The van der Waals surface area contributed by atoms with Gasteiger partial charge in [-0.25, -0.2) is 13.4 Å². The van der Waals surface area contributed by atoms with E-state index >= 15 is 0 Å². The molecule has 162 valence electrons. The van der Waals surface area contributed by atoms with Gasteiger partial charge >= 0.3 is 0 Å². The Morgan fingerprint density at radius 1 is 0.969 bits per heavy atom. The highest BCUT2D eigenvalue weighted by molar-refractivity contribution is 7.92. The van der Waals surface area contributed by atoms with Gasteiger partial charge < -0.3 is 4.90 Å². The average Bonchev–Trinajstić information content (AvgIpc) is 3.46. The number of nitrogens with one attached hydrogen (secondary N) is 1. The lowest BCUT2D eigenvalue weighted by Gasteiger charge is -2.23. The van der Waals surface area contributed by atoms with Crippen molar-refractivity contribution in [3.8, 4) is 0 Å². The van der Waals surface area contributed by atoms with Crippen LogP contribution in [-0.4, -0.2) is 30.8 Å². The minimum atomic E-state index is -3.67. The molecular weight excluding hydrogens is 442 g/mol. The van der Waals surface area contributed by atoms with Crippen molar-refractivity contribution in [2.75, 3.05) is 11.3 Å². The number of likely N-dealkylation sites (tertiary alicyclic amines) is 1. The molecule has 1 unspecified atom stereocenters. The van der Waals surface area contributed by atoms with E-state index in [2.05, 4.69) is 4.72 Å². The fraction of sp³-hybridized carbons (Fsp3) is 0.167. The van der Waals surface area contributed by atoms with Gasteiger partial charge in [0.2, 0.25) is 0 Å². The van der Waals surface area contributed by atoms with Crippen molar-refractivity contribution in [2.45, 2.75) is 23.8 Å². The summed E-state index contributed by atoms with van der Waals surface area (Å²) in [4.78, 5) is 20.0. The number of thiazole rings is 1. The molecule has 1 amide bonds. The van der Waals surface area contributed by atoms with E-state index in [1.807, 2.05) is 29.2 Å². The van der Waals surface area contributed by atoms with Crippen LogP contribution in [0.15, 0.2) is 83.8 Å². The second-order valence-electron chi connectivity index (χ2n) is 7.67. The molecule has 4 aromatic rings. The Hall–Kier alpha value is -3.23. The van der Waals surface area contributed by atoms with Crippen molar-refractivity contribution in [1.29, 1.82) is 0 Å². The van der Waals surface area contributed by atoms with E-state index in [-0.39, 0.29) is 16.8 Å². The summed E-state index contributed by atoms with van der Waals surface area (Å²) in [5, 5.41) is 0.962. The Morgan fingerprint density at radius 2 is 1.69 bits per heavy atom. The molecule has 3 aromatic carbocycles. The minimum absolute atomic E-state index is 0.0313. The number of hydrogen-bond acceptors (Lipinski definition) is 5. The van der Waals surface area contributed by atoms with Crippen molar-refractivity contribution in [3.63, 3.8) is 0 Å². The van der Waals surface area contributed by atoms with Crippen molar-refractivity contribution in [2.24, 2.45) is 0 Å². The fourth-order valence-electron chi connectivity index (χ4n) is 3.96. The number of carbonyl (C=O) groups excluding carboxylic acids is 1. The standard InChI is InChI=1S/C24H21N3O3S2/c28-24(27-16-6-10-21(27)23-25-20-9-4-5-11-22(20)31-23)17-12-14-18(15-13-17)26-32(29,30)19-7-2-1-3-8-19/h1-5,7-9,11-15,21,26H,6,10,16H2. The lowest BCUT2D eigenvalue weighted by molar-refractivity contribution is 0.0735. The quantitative estimate of drug-likeness (QED) is 0.448. The Morgan fingerprint density at radius 3 is 2.44 bits per heavy atom. The van der Waals surface area contributed by atoms with Crippen LogP contribution in [0.3, 0.4) is 0 Å². The van der Waals surface area contributed by atoms with Gasteiger partial charge in [0.05, 0.1) is 21.2 Å². The van der Waals surface area contributed by atoms with Gasteiger partial charge in [-0.1, -0.05) is 30.3 Å². The van der Waals surface area contributed by atoms with Crippen molar-refractivity contribution in [1.82, 2.24) is 9.88 Å². The van der Waals surface area contributed by atoms with Crippen LogP contribution in [0.1, 0.15) is 34.2 Å². The van der Waals surface area contributed by atoms with E-state index in [9.17, 15) is 13.2 Å². The van der Waals surface area contributed by atoms with Crippen LogP contribution in [-0.2, 0) is 10.0 Å². The SMILES string of the molecule is O=C(c1ccc(NS(=O)(=O)c2ccccc2)cc1)N1CCCC1c1nc2ccccc2s1. The zero-order valence-electron chi connectivity index (χ0n) is 17.1. The first-order valence-corrected chi connectivity index (χ1v) is 12.7. The zero-order valence-corrected chi connectivity index (χ0v) is 18.8. The molecule has 5 rings (SSSR count). The molecule has 0 saturated carbocycles. The minimum Gasteiger partial charge on any atom is -0.329 e. The summed E-state index contributed by atoms with van der Waals surface area (Å²) < 4.78 is 28.7. The number of hydrogen-bond donors (Lipinski definition) is 1. The van der Waals surface area contributed by atoms with Gasteiger partial charge in [0, 0.05) is 17.8 Å². The van der Waals surface area contributed by atoms with Gasteiger partial charge in [0.15, 0.2) is 0 Å². The monoisotopic (exact) mass is 463 g/mol. The molecule has 2 heterocycles. The Balaban J connectivity index is 1.34. The van der Waals surface area contributed by atoms with E-state index in [4.69, 9.17) is 4.98 Å². The van der Waals surface area contributed by atoms with E-state index in [1.54, 1.807) is 53.8 Å². The average molecular weight is 464 g/mol. The molecule has 0 radical (unpaired) electrons. The molecule has 0 aliphatic carbocycles. The number of amides is 1. The molecule has 1 N–H and O–H groups in total. The molecule has 1 saturated heterocycles. The van der Waals surface area contributed by atoms with E-state index in [0.29, 0.717) is 17.8 Å². The maximum Gasteiger partial charge on any atom is 0.261 e. The number of sulfonamides is 1. The normalized spacial score (nSPS) is 16.4. The van der Waals surface area contributed by atoms with Gasteiger partial charge in [-0.15, -0.1) is 11.3 Å². The molecule has 1 aliphatic rings. The number of aromatic nitrogens is 1. The van der Waals surface area contributed by atoms with Crippen LogP contribution in [0.4, 0.5) is 5.69 Å². The van der Waals surface area contributed by atoms with Gasteiger partial charge in [-0.3, -0.25) is 9.52 Å². The highest BCUT2D eigenvalue weighted by atomic mass is 32.2. The van der Waals surface area contributed by atoms with E-state index in [0.717, 1.165) is 28.1 Å². The molecule has 0 bridgehead atoms. The molecule has 6 nitrogen and oxygen atoms in total. The van der Waals surface area contributed by atoms with E-state index in [1.165, 1.54) is 12.1 Å². The van der Waals surface area contributed by atoms with Crippen molar-refractivity contribution in [3.05, 3.63) is 89.4 Å². The molecule has 1 fully saturated rings. The number of anilines is 1. The van der Waals surface area contributed by atoms with Crippen LogP contribution < -0.4 is 4.72 Å². The van der Waals surface area contributed by atoms with Crippen molar-refractivity contribution < 1.29 is 13.2 Å². The van der Waals surface area contributed by atoms with Crippen LogP contribution in [0.5, 0.6) is 0 Å². The summed E-state index contributed by atoms with van der Waals surface area (Å²) in [6, 6.07) is 22.7. The summed E-state index contributed by atoms with van der Waals surface area (Å²) in [6.07, 6.45) is 1.82. The molecule has 32 heavy (non-hydrogen) atoms. The summed E-state index contributed by atoms with van der Waals surface area (Å²) in [6.45, 7) is 0.682. The Labute approximate surface area is 190 Å². The summed E-state index contributed by atoms with van der Waals surface area (Å²) in [7, 11) is -3.67. The lowest BCUT2D eigenvalue weighted by atomic mass is 10.1. The van der Waals surface area contributed by atoms with Crippen LogP contribution >= 0.6 is 11.3 Å². The Kier molecular flexibility index (Phi) is 5.40. The zero-order chi connectivity index (χ0) is 22.1. The second-order valence-corrected chi connectivity index (χ2v) is 10.4. The third-order valence-electron chi connectivity index (χ3n) is 5.55. The number of para-hydroxylation sites is 1.